The minimum absolute atomic E-state index is 0.137. The second-order valence-electron chi connectivity index (χ2n) is 4.37. The fourth-order valence-electron chi connectivity index (χ4n) is 1.47. The van der Waals surface area contributed by atoms with E-state index in [0.29, 0.717) is 0 Å². The summed E-state index contributed by atoms with van der Waals surface area (Å²) in [5.41, 5.74) is 0.888. The van der Waals surface area contributed by atoms with Crippen molar-refractivity contribution in [1.29, 1.82) is 0 Å². The number of methoxy groups -OCH3 is 1. The highest BCUT2D eigenvalue weighted by Crippen LogP contribution is 2.10. The normalized spacial score (nSPS) is 12.4. The van der Waals surface area contributed by atoms with Gasteiger partial charge in [0.05, 0.1) is 7.11 Å². The number of rotatable bonds is 5. The molecular weight excluding hydrogens is 244 g/mol. The van der Waals surface area contributed by atoms with E-state index in [4.69, 9.17) is 4.74 Å². The summed E-state index contributed by atoms with van der Waals surface area (Å²) in [6, 6.07) is 9.36. The van der Waals surface area contributed by atoms with Crippen LogP contribution in [0, 0.1) is 5.92 Å². The minimum Gasteiger partial charge on any atom is -0.466 e. The molecule has 0 aliphatic rings. The zero-order valence-corrected chi connectivity index (χ0v) is 11.3. The van der Waals surface area contributed by atoms with Crippen LogP contribution in [0.25, 0.3) is 6.08 Å². The first kappa shape index (κ1) is 15.0. The standard InChI is InChI=1S/C15H18O4/c1-11(2)14(15(17)18-3)19-13(16)10-9-12-7-5-4-6-8-12/h4-11,14H,1-3H3/t14-/m0/s1. The summed E-state index contributed by atoms with van der Waals surface area (Å²) in [6.07, 6.45) is 2.06. The Morgan fingerprint density at radius 1 is 1.16 bits per heavy atom. The zero-order valence-electron chi connectivity index (χ0n) is 11.3. The van der Waals surface area contributed by atoms with Gasteiger partial charge < -0.3 is 9.47 Å². The number of ether oxygens (including phenoxy) is 2. The van der Waals surface area contributed by atoms with Crippen molar-refractivity contribution in [2.75, 3.05) is 7.11 Å². The molecule has 0 aliphatic heterocycles. The molecule has 0 bridgehead atoms. The summed E-state index contributed by atoms with van der Waals surface area (Å²) in [5, 5.41) is 0. The molecule has 0 amide bonds. The quantitative estimate of drug-likeness (QED) is 0.604. The highest BCUT2D eigenvalue weighted by atomic mass is 16.6. The first-order valence-electron chi connectivity index (χ1n) is 6.06. The average Bonchev–Trinajstić information content (AvgIpc) is 2.42. The Morgan fingerprint density at radius 3 is 2.32 bits per heavy atom. The van der Waals surface area contributed by atoms with Crippen molar-refractivity contribution in [1.82, 2.24) is 0 Å². The Morgan fingerprint density at radius 2 is 1.79 bits per heavy atom. The molecule has 19 heavy (non-hydrogen) atoms. The van der Waals surface area contributed by atoms with Gasteiger partial charge in [-0.3, -0.25) is 0 Å². The first-order valence-corrected chi connectivity index (χ1v) is 6.06. The van der Waals surface area contributed by atoms with Gasteiger partial charge in [0.1, 0.15) is 0 Å². The lowest BCUT2D eigenvalue weighted by atomic mass is 10.1. The molecule has 1 rings (SSSR count). The lowest BCUT2D eigenvalue weighted by molar-refractivity contribution is -0.166. The van der Waals surface area contributed by atoms with E-state index < -0.39 is 18.0 Å². The van der Waals surface area contributed by atoms with Crippen LogP contribution in [0.1, 0.15) is 19.4 Å². The number of hydrogen-bond acceptors (Lipinski definition) is 4. The minimum atomic E-state index is -0.877. The maximum Gasteiger partial charge on any atom is 0.347 e. The molecule has 0 heterocycles. The Bertz CT molecular complexity index is 448. The van der Waals surface area contributed by atoms with Gasteiger partial charge >= 0.3 is 11.9 Å². The second-order valence-corrected chi connectivity index (χ2v) is 4.37. The van der Waals surface area contributed by atoms with Crippen LogP contribution in [0.4, 0.5) is 0 Å². The van der Waals surface area contributed by atoms with Crippen molar-refractivity contribution >= 4 is 18.0 Å². The van der Waals surface area contributed by atoms with Gasteiger partial charge in [-0.05, 0) is 11.6 Å². The van der Waals surface area contributed by atoms with E-state index in [-0.39, 0.29) is 5.92 Å². The molecule has 0 saturated carbocycles. The van der Waals surface area contributed by atoms with Crippen molar-refractivity contribution in [3.8, 4) is 0 Å². The Balaban J connectivity index is 2.63. The summed E-state index contributed by atoms with van der Waals surface area (Å²) in [6.45, 7) is 3.57. The molecule has 1 aromatic carbocycles. The third-order valence-electron chi connectivity index (χ3n) is 2.49. The van der Waals surface area contributed by atoms with Gasteiger partial charge in [0.2, 0.25) is 6.10 Å². The molecule has 0 unspecified atom stereocenters. The molecule has 1 atom stereocenters. The van der Waals surface area contributed by atoms with Gasteiger partial charge in [-0.15, -0.1) is 0 Å². The third-order valence-corrected chi connectivity index (χ3v) is 2.49. The highest BCUT2D eigenvalue weighted by molar-refractivity contribution is 5.89. The molecule has 0 spiro atoms. The maximum atomic E-state index is 11.6. The maximum absolute atomic E-state index is 11.6. The van der Waals surface area contributed by atoms with Gasteiger partial charge in [-0.1, -0.05) is 44.2 Å². The van der Waals surface area contributed by atoms with E-state index in [2.05, 4.69) is 4.74 Å². The van der Waals surface area contributed by atoms with Gasteiger partial charge in [-0.25, -0.2) is 9.59 Å². The number of esters is 2. The molecule has 0 aromatic heterocycles. The summed E-state index contributed by atoms with van der Waals surface area (Å²) >= 11 is 0. The van der Waals surface area contributed by atoms with Crippen molar-refractivity contribution in [2.45, 2.75) is 20.0 Å². The molecular formula is C15H18O4. The van der Waals surface area contributed by atoms with E-state index in [1.807, 2.05) is 30.3 Å². The van der Waals surface area contributed by atoms with E-state index >= 15 is 0 Å². The average molecular weight is 262 g/mol. The van der Waals surface area contributed by atoms with E-state index in [9.17, 15) is 9.59 Å². The Hall–Kier alpha value is -2.10. The van der Waals surface area contributed by atoms with Crippen LogP contribution in [-0.4, -0.2) is 25.2 Å². The summed E-state index contributed by atoms with van der Waals surface area (Å²) < 4.78 is 9.68. The SMILES string of the molecule is COC(=O)[C@@H](OC(=O)C=Cc1ccccc1)C(C)C. The topological polar surface area (TPSA) is 52.6 Å². The van der Waals surface area contributed by atoms with E-state index in [0.717, 1.165) is 5.56 Å². The predicted octanol–water partition coefficient (Wildman–Crippen LogP) is 2.44. The lowest BCUT2D eigenvalue weighted by Crippen LogP contribution is -2.32. The summed E-state index contributed by atoms with van der Waals surface area (Å²) in [7, 11) is 1.27. The van der Waals surface area contributed by atoms with Gasteiger partial charge in [0, 0.05) is 12.0 Å². The predicted molar refractivity (Wildman–Crippen MR) is 72.2 cm³/mol. The largest absolute Gasteiger partial charge is 0.466 e. The fourth-order valence-corrected chi connectivity index (χ4v) is 1.47. The second kappa shape index (κ2) is 7.36. The summed E-state index contributed by atoms with van der Waals surface area (Å²) in [5.74, 6) is -1.24. The van der Waals surface area contributed by atoms with Crippen LogP contribution in [0.2, 0.25) is 0 Å². The Labute approximate surface area is 113 Å². The molecule has 0 aliphatic carbocycles. The van der Waals surface area contributed by atoms with Crippen molar-refractivity contribution in [3.63, 3.8) is 0 Å². The molecule has 0 radical (unpaired) electrons. The van der Waals surface area contributed by atoms with Gasteiger partial charge in [0.25, 0.3) is 0 Å². The fraction of sp³-hybridized carbons (Fsp3) is 0.333. The van der Waals surface area contributed by atoms with Gasteiger partial charge in [0.15, 0.2) is 0 Å². The van der Waals surface area contributed by atoms with Crippen LogP contribution < -0.4 is 0 Å². The van der Waals surface area contributed by atoms with Gasteiger partial charge in [-0.2, -0.15) is 0 Å². The molecule has 0 saturated heterocycles. The van der Waals surface area contributed by atoms with E-state index in [1.165, 1.54) is 13.2 Å². The van der Waals surface area contributed by atoms with Crippen molar-refractivity contribution in [3.05, 3.63) is 42.0 Å². The first-order chi connectivity index (χ1) is 9.04. The van der Waals surface area contributed by atoms with Crippen molar-refractivity contribution in [2.24, 2.45) is 5.92 Å². The molecule has 0 N–H and O–H groups in total. The number of hydrogen-bond donors (Lipinski definition) is 0. The van der Waals surface area contributed by atoms with Crippen LogP contribution in [0.15, 0.2) is 36.4 Å². The molecule has 4 heteroatoms. The van der Waals surface area contributed by atoms with Crippen LogP contribution in [0.5, 0.6) is 0 Å². The molecule has 102 valence electrons. The number of carbonyl (C=O) groups excluding carboxylic acids is 2. The Kier molecular flexibility index (Phi) is 5.79. The number of carbonyl (C=O) groups is 2. The van der Waals surface area contributed by atoms with Crippen molar-refractivity contribution < 1.29 is 19.1 Å². The molecule has 1 aromatic rings. The monoisotopic (exact) mass is 262 g/mol. The smallest absolute Gasteiger partial charge is 0.347 e. The lowest BCUT2D eigenvalue weighted by Gasteiger charge is -2.17. The van der Waals surface area contributed by atoms with Crippen LogP contribution in [0.3, 0.4) is 0 Å². The van der Waals surface area contributed by atoms with Crippen LogP contribution in [-0.2, 0) is 19.1 Å². The molecule has 4 nitrogen and oxygen atoms in total. The van der Waals surface area contributed by atoms with E-state index in [1.54, 1.807) is 19.9 Å². The third kappa shape index (κ3) is 4.95. The molecule has 0 fully saturated rings. The summed E-state index contributed by atoms with van der Waals surface area (Å²) in [4.78, 5) is 23.1. The number of benzene rings is 1. The highest BCUT2D eigenvalue weighted by Gasteiger charge is 2.26. The zero-order chi connectivity index (χ0) is 14.3. The van der Waals surface area contributed by atoms with Crippen LogP contribution >= 0.6 is 0 Å².